The molecule has 0 radical (unpaired) electrons. The molecule has 0 bridgehead atoms. The number of nitrogens with one attached hydrogen (secondary N) is 3. The van der Waals surface area contributed by atoms with Crippen LogP contribution in [0.1, 0.15) is 51.6 Å². The molecule has 1 aromatic heterocycles. The van der Waals surface area contributed by atoms with Crippen LogP contribution in [-0.2, 0) is 46.4 Å². The van der Waals surface area contributed by atoms with E-state index in [2.05, 4.69) is 52.3 Å². The number of rotatable bonds is 21. The third-order valence-electron chi connectivity index (χ3n) is 14.1. The van der Waals surface area contributed by atoms with Gasteiger partial charge in [-0.3, -0.25) is 14.4 Å². The first-order chi connectivity index (χ1) is 39.2. The first-order valence-electron chi connectivity index (χ1n) is 26.1. The van der Waals surface area contributed by atoms with E-state index in [1.807, 2.05) is 146 Å². The normalized spacial score (nSPS) is 17.1. The highest BCUT2D eigenvalue weighted by Crippen LogP contribution is 2.45. The van der Waals surface area contributed by atoms with Crippen LogP contribution >= 0.6 is 23.1 Å². The van der Waals surface area contributed by atoms with Crippen LogP contribution in [0, 0.1) is 5.41 Å². The topological polar surface area (TPSA) is 170 Å². The average molecular weight is 1100 g/mol. The Balaban J connectivity index is 1.00. The monoisotopic (exact) mass is 1100 g/mol. The maximum Gasteiger partial charge on any atom is 0.407 e. The number of hydrogen-bond donors (Lipinski definition) is 3. The molecule has 404 valence electrons. The summed E-state index contributed by atoms with van der Waals surface area (Å²) in [5, 5.41) is 15.9. The first kappa shape index (κ1) is 54.4. The van der Waals surface area contributed by atoms with Crippen molar-refractivity contribution in [3.63, 3.8) is 0 Å². The Morgan fingerprint density at radius 3 is 1.73 bits per heavy atom. The summed E-state index contributed by atoms with van der Waals surface area (Å²) >= 11 is 2.63. The average Bonchev–Trinajstić information content (AvgIpc) is 4.11. The Morgan fingerprint density at radius 2 is 1.23 bits per heavy atom. The molecule has 2 aliphatic heterocycles. The Morgan fingerprint density at radius 1 is 0.713 bits per heavy atom. The lowest BCUT2D eigenvalue weighted by atomic mass is 9.77. The molecular weight excluding hydrogens is 1040 g/mol. The Hall–Kier alpha value is -8.99. The predicted molar refractivity (Wildman–Crippen MR) is 311 cm³/mol. The third-order valence-corrected chi connectivity index (χ3v) is 16.4. The van der Waals surface area contributed by atoms with Crippen molar-refractivity contribution in [2.24, 2.45) is 10.6 Å². The fraction of sp³-hybridized carbons (Fsp3) is 0.188. The van der Waals surface area contributed by atoms with E-state index in [0.29, 0.717) is 17.4 Å². The number of anilines is 1. The van der Waals surface area contributed by atoms with Gasteiger partial charge < -0.3 is 39.9 Å². The van der Waals surface area contributed by atoms with E-state index in [9.17, 15) is 14.4 Å². The van der Waals surface area contributed by atoms with Gasteiger partial charge in [-0.05, 0) is 47.4 Å². The van der Waals surface area contributed by atoms with Gasteiger partial charge >= 0.3 is 12.1 Å². The van der Waals surface area contributed by atoms with Crippen molar-refractivity contribution in [3.8, 4) is 5.75 Å². The SMILES string of the molecule is CCNC(=O)OCC=CC1(C(=O)OCc2ccc(OC)cc2)CS[C@@H]2C(NC(=O)C(=NOC(c3ccccc3)(c3ccccc3)c3ccccc3)c3csc(NC(c4ccccc4)(c4ccccc4)c4ccccc4)n3)C(=O)N2C1. The fourth-order valence-electron chi connectivity index (χ4n) is 10.1. The highest BCUT2D eigenvalue weighted by Gasteiger charge is 2.57. The van der Waals surface area contributed by atoms with Crippen LogP contribution in [0.2, 0.25) is 0 Å². The smallest absolute Gasteiger partial charge is 0.407 e. The lowest BCUT2D eigenvalue weighted by Gasteiger charge is -2.53. The molecule has 2 unspecified atom stereocenters. The number of ether oxygens (including phenoxy) is 3. The number of thioether (sulfide) groups is 1. The second kappa shape index (κ2) is 24.8. The number of benzene rings is 7. The summed E-state index contributed by atoms with van der Waals surface area (Å²) in [6, 6.07) is 65.6. The molecule has 0 spiro atoms. The molecule has 16 heteroatoms. The van der Waals surface area contributed by atoms with Crippen LogP contribution < -0.4 is 20.7 Å². The zero-order valence-electron chi connectivity index (χ0n) is 44.0. The van der Waals surface area contributed by atoms with Gasteiger partial charge in [0.2, 0.25) is 11.5 Å². The molecule has 2 aliphatic rings. The van der Waals surface area contributed by atoms with Gasteiger partial charge in [-0.2, -0.15) is 0 Å². The number of amides is 3. The summed E-state index contributed by atoms with van der Waals surface area (Å²) in [7, 11) is 1.57. The number of hydrogen-bond acceptors (Lipinski definition) is 13. The lowest BCUT2D eigenvalue weighted by molar-refractivity contribution is -0.160. The minimum atomic E-state index is -1.37. The zero-order chi connectivity index (χ0) is 55.4. The highest BCUT2D eigenvalue weighted by atomic mass is 32.2. The second-order valence-electron chi connectivity index (χ2n) is 19.1. The first-order valence-corrected chi connectivity index (χ1v) is 28.0. The van der Waals surface area contributed by atoms with Gasteiger partial charge in [0.15, 0.2) is 10.8 Å². The highest BCUT2D eigenvalue weighted by molar-refractivity contribution is 8.00. The van der Waals surface area contributed by atoms with Gasteiger partial charge in [-0.1, -0.05) is 205 Å². The van der Waals surface area contributed by atoms with Crippen molar-refractivity contribution >= 4 is 57.8 Å². The number of nitrogens with zero attached hydrogens (tertiary/aromatic N) is 3. The molecule has 3 N–H and O–H groups in total. The molecule has 3 heterocycles. The van der Waals surface area contributed by atoms with E-state index >= 15 is 4.79 Å². The van der Waals surface area contributed by atoms with E-state index in [-0.39, 0.29) is 36.9 Å². The zero-order valence-corrected chi connectivity index (χ0v) is 45.6. The summed E-state index contributed by atoms with van der Waals surface area (Å²) in [5.41, 5.74) is 2.24. The van der Waals surface area contributed by atoms with Crippen molar-refractivity contribution in [1.82, 2.24) is 20.5 Å². The number of alkyl carbamates (subject to hydrolysis) is 1. The Kier molecular flexibility index (Phi) is 16.8. The fourth-order valence-corrected chi connectivity index (χ4v) is 12.3. The number of aromatic nitrogens is 1. The van der Waals surface area contributed by atoms with Crippen LogP contribution in [0.4, 0.5) is 9.93 Å². The molecule has 0 saturated carbocycles. The van der Waals surface area contributed by atoms with Crippen molar-refractivity contribution in [2.45, 2.75) is 36.1 Å². The number of methoxy groups -OCH3 is 1. The molecule has 2 saturated heterocycles. The van der Waals surface area contributed by atoms with Crippen LogP contribution in [0.25, 0.3) is 0 Å². The molecule has 10 rings (SSSR count). The molecule has 80 heavy (non-hydrogen) atoms. The number of thiazole rings is 1. The van der Waals surface area contributed by atoms with Crippen molar-refractivity contribution in [2.75, 3.05) is 37.9 Å². The minimum Gasteiger partial charge on any atom is -0.497 e. The standard InChI is InChI=1S/C64H58N6O8S2/c1-3-65-61(74)76-40-22-39-62(59(73)77-41-45-35-37-52(75-2)38-36-45)43-70-57(72)55(58(70)80-44-62)67-56(71)54(69-78-64(49-29-16-7-17-30-49,50-31-18-8-19-32-50)51-33-20-9-21-34-51)53-42-79-60(66-53)68-63(46-23-10-4-11-24-46,47-25-12-5-13-26-47)48-27-14-6-15-28-48/h4-39,42,55,58H,3,40-41,43-44H2,1-2H3,(H,65,74)(H,66,68)(H,67,71)/t55?,58-,62?/m1/s1. The van der Waals surface area contributed by atoms with Crippen LogP contribution in [0.3, 0.4) is 0 Å². The van der Waals surface area contributed by atoms with E-state index in [4.69, 9.17) is 29.2 Å². The van der Waals surface area contributed by atoms with E-state index < -0.39 is 51.8 Å². The van der Waals surface area contributed by atoms with Gasteiger partial charge in [-0.25, -0.2) is 9.78 Å². The molecule has 3 amide bonds. The van der Waals surface area contributed by atoms with Crippen molar-refractivity contribution in [1.29, 1.82) is 0 Å². The van der Waals surface area contributed by atoms with E-state index in [1.165, 1.54) is 23.1 Å². The third kappa shape index (κ3) is 11.3. The second-order valence-corrected chi connectivity index (χ2v) is 21.0. The van der Waals surface area contributed by atoms with Crippen molar-refractivity contribution in [3.05, 3.63) is 268 Å². The Labute approximate surface area is 472 Å². The number of fused-ring (bicyclic) bond motifs is 1. The summed E-state index contributed by atoms with van der Waals surface area (Å²) in [6.07, 6.45) is 2.62. The minimum absolute atomic E-state index is 0.0293. The maximum atomic E-state index is 15.3. The molecule has 8 aromatic rings. The molecule has 3 atom stereocenters. The van der Waals surface area contributed by atoms with Crippen LogP contribution in [0.5, 0.6) is 5.75 Å². The largest absolute Gasteiger partial charge is 0.497 e. The van der Waals surface area contributed by atoms with Gasteiger partial charge in [0.25, 0.3) is 5.91 Å². The van der Waals surface area contributed by atoms with Crippen molar-refractivity contribution < 1.29 is 38.2 Å². The van der Waals surface area contributed by atoms with Gasteiger partial charge in [0.1, 0.15) is 47.0 Å². The van der Waals surface area contributed by atoms with E-state index in [0.717, 1.165) is 38.9 Å². The summed E-state index contributed by atoms with van der Waals surface area (Å²) < 4.78 is 16.5. The number of carbonyl (C=O) groups is 4. The summed E-state index contributed by atoms with van der Waals surface area (Å²) in [6.45, 7) is 1.95. The number of esters is 1. The van der Waals surface area contributed by atoms with Crippen LogP contribution in [0.15, 0.2) is 229 Å². The Bertz CT molecular complexity index is 3250. The molecule has 2 fully saturated rings. The summed E-state index contributed by atoms with van der Waals surface area (Å²) in [5.74, 6) is -0.852. The number of β-lactam (4-membered cyclic amide) rings is 1. The van der Waals surface area contributed by atoms with Gasteiger partial charge in [0.05, 0.1) is 7.11 Å². The molecular formula is C64H58N6O8S2. The molecule has 0 aliphatic carbocycles. The summed E-state index contributed by atoms with van der Waals surface area (Å²) in [4.78, 5) is 69.9. The number of carbonyl (C=O) groups excluding carboxylic acids is 4. The molecule has 14 nitrogen and oxygen atoms in total. The quantitative estimate of drug-likeness (QED) is 0.0156. The van der Waals surface area contributed by atoms with Gasteiger partial charge in [-0.15, -0.1) is 23.1 Å². The van der Waals surface area contributed by atoms with Gasteiger partial charge in [0, 0.05) is 40.9 Å². The lowest BCUT2D eigenvalue weighted by Crippen LogP contribution is -2.74. The maximum absolute atomic E-state index is 15.3. The predicted octanol–water partition coefficient (Wildman–Crippen LogP) is 10.7. The van der Waals surface area contributed by atoms with E-state index in [1.54, 1.807) is 60.7 Å². The number of oxime groups is 1. The molecule has 7 aromatic carbocycles. The van der Waals surface area contributed by atoms with Crippen LogP contribution in [-0.4, -0.2) is 83.4 Å².